The van der Waals surface area contributed by atoms with E-state index in [1.807, 2.05) is 6.07 Å². The number of anilines is 1. The van der Waals surface area contributed by atoms with Crippen LogP contribution in [0.15, 0.2) is 61.1 Å². The van der Waals surface area contributed by atoms with Crippen molar-refractivity contribution in [2.75, 3.05) is 12.3 Å². The summed E-state index contributed by atoms with van der Waals surface area (Å²) in [6, 6.07) is 17.2. The minimum atomic E-state index is 0.0686. The van der Waals surface area contributed by atoms with Gasteiger partial charge < -0.3 is 20.1 Å². The zero-order valence-corrected chi connectivity index (χ0v) is 17.8. The number of aliphatic hydroxyl groups excluding tert-OH is 1. The number of aromatic nitrogens is 3. The van der Waals surface area contributed by atoms with Gasteiger partial charge in [0, 0.05) is 24.4 Å². The molecule has 32 heavy (non-hydrogen) atoms. The Morgan fingerprint density at radius 1 is 1.09 bits per heavy atom. The number of aryl methyl sites for hydroxylation is 1. The first-order valence-corrected chi connectivity index (χ1v) is 11.3. The van der Waals surface area contributed by atoms with Gasteiger partial charge in [0.2, 0.25) is 0 Å². The van der Waals surface area contributed by atoms with Gasteiger partial charge in [-0.15, -0.1) is 0 Å². The summed E-state index contributed by atoms with van der Waals surface area (Å²) in [5.41, 5.74) is 11.7. The summed E-state index contributed by atoms with van der Waals surface area (Å²) in [4.78, 5) is 8.82. The van der Waals surface area contributed by atoms with Gasteiger partial charge >= 0.3 is 0 Å². The van der Waals surface area contributed by atoms with Crippen molar-refractivity contribution in [3.05, 3.63) is 72.2 Å². The normalized spacial score (nSPS) is 22.2. The van der Waals surface area contributed by atoms with Crippen LogP contribution in [0.5, 0.6) is 5.75 Å². The Labute approximate surface area is 186 Å². The molecule has 0 saturated heterocycles. The van der Waals surface area contributed by atoms with E-state index in [2.05, 4.69) is 63.2 Å². The molecule has 162 valence electrons. The Bertz CT molecular complexity index is 1280. The number of nitrogen functional groups attached to an aromatic ring is 1. The molecule has 6 rings (SSSR count). The first kappa shape index (κ1) is 19.3. The summed E-state index contributed by atoms with van der Waals surface area (Å²) >= 11 is 0. The monoisotopic (exact) mass is 426 g/mol. The van der Waals surface area contributed by atoms with Crippen molar-refractivity contribution in [3.63, 3.8) is 0 Å². The van der Waals surface area contributed by atoms with Gasteiger partial charge in [0.05, 0.1) is 5.39 Å². The maximum Gasteiger partial charge on any atom is 0.146 e. The molecule has 1 fully saturated rings. The first-order valence-electron chi connectivity index (χ1n) is 11.3. The van der Waals surface area contributed by atoms with Crippen LogP contribution in [-0.4, -0.2) is 26.2 Å². The molecule has 6 nitrogen and oxygen atoms in total. The molecule has 1 saturated carbocycles. The van der Waals surface area contributed by atoms with Gasteiger partial charge in [0.1, 0.15) is 29.6 Å². The summed E-state index contributed by atoms with van der Waals surface area (Å²) in [6.07, 6.45) is 7.62. The molecule has 2 aromatic carbocycles. The Kier molecular flexibility index (Phi) is 4.61. The number of hydrogen-bond donors (Lipinski definition) is 2. The molecular weight excluding hydrogens is 400 g/mol. The van der Waals surface area contributed by atoms with E-state index in [1.165, 1.54) is 17.5 Å². The Morgan fingerprint density at radius 2 is 1.94 bits per heavy atom. The van der Waals surface area contributed by atoms with Gasteiger partial charge in [-0.3, -0.25) is 0 Å². The Morgan fingerprint density at radius 3 is 2.75 bits per heavy atom. The van der Waals surface area contributed by atoms with Gasteiger partial charge in [0.25, 0.3) is 0 Å². The number of rotatable bonds is 4. The maximum atomic E-state index is 9.44. The SMILES string of the molecule is Nc1ncnc2c1c(-c1ccc3c(c1)O[C@H](c1ccccc1)CC3)cn2[C@H]1C[C@@H](CO)C1. The molecule has 6 heteroatoms. The highest BCUT2D eigenvalue weighted by Crippen LogP contribution is 2.44. The molecule has 2 aliphatic rings. The lowest BCUT2D eigenvalue weighted by Gasteiger charge is -2.35. The fourth-order valence-electron chi connectivity index (χ4n) is 5.12. The summed E-state index contributed by atoms with van der Waals surface area (Å²) in [7, 11) is 0. The molecule has 0 radical (unpaired) electrons. The van der Waals surface area contributed by atoms with Crippen molar-refractivity contribution in [3.8, 4) is 16.9 Å². The number of aliphatic hydroxyl groups is 1. The lowest BCUT2D eigenvalue weighted by Crippen LogP contribution is -2.28. The van der Waals surface area contributed by atoms with E-state index in [4.69, 9.17) is 10.5 Å². The second kappa shape index (κ2) is 7.64. The lowest BCUT2D eigenvalue weighted by molar-refractivity contribution is 0.114. The Balaban J connectivity index is 1.40. The quantitative estimate of drug-likeness (QED) is 0.494. The van der Waals surface area contributed by atoms with Crippen LogP contribution < -0.4 is 10.5 Å². The van der Waals surface area contributed by atoms with E-state index in [0.29, 0.717) is 17.8 Å². The van der Waals surface area contributed by atoms with Crippen LogP contribution in [0.1, 0.15) is 42.5 Å². The number of nitrogens with two attached hydrogens (primary N) is 1. The van der Waals surface area contributed by atoms with Crippen molar-refractivity contribution in [2.24, 2.45) is 5.92 Å². The smallest absolute Gasteiger partial charge is 0.146 e. The molecule has 0 bridgehead atoms. The molecular formula is C26H26N4O2. The van der Waals surface area contributed by atoms with E-state index < -0.39 is 0 Å². The highest BCUT2D eigenvalue weighted by atomic mass is 16.5. The van der Waals surface area contributed by atoms with Gasteiger partial charge in [-0.25, -0.2) is 9.97 Å². The predicted molar refractivity (Wildman–Crippen MR) is 124 cm³/mol. The van der Waals surface area contributed by atoms with E-state index >= 15 is 0 Å². The molecule has 3 heterocycles. The highest BCUT2D eigenvalue weighted by molar-refractivity contribution is 6.00. The molecule has 0 amide bonds. The van der Waals surface area contributed by atoms with E-state index in [-0.39, 0.29) is 12.7 Å². The number of fused-ring (bicyclic) bond motifs is 2. The second-order valence-corrected chi connectivity index (χ2v) is 8.96. The molecule has 1 atom stereocenters. The average Bonchev–Trinajstić information content (AvgIpc) is 3.19. The average molecular weight is 427 g/mol. The third-order valence-corrected chi connectivity index (χ3v) is 7.00. The zero-order valence-electron chi connectivity index (χ0n) is 17.8. The van der Waals surface area contributed by atoms with Crippen LogP contribution in [0.4, 0.5) is 5.82 Å². The van der Waals surface area contributed by atoms with Crippen LogP contribution in [0.2, 0.25) is 0 Å². The highest BCUT2D eigenvalue weighted by Gasteiger charge is 2.32. The van der Waals surface area contributed by atoms with Crippen LogP contribution in [0, 0.1) is 5.92 Å². The van der Waals surface area contributed by atoms with Gasteiger partial charge in [-0.2, -0.15) is 0 Å². The minimum Gasteiger partial charge on any atom is -0.485 e. The van der Waals surface area contributed by atoms with E-state index in [0.717, 1.165) is 53.6 Å². The van der Waals surface area contributed by atoms with Gasteiger partial charge in [-0.1, -0.05) is 42.5 Å². The van der Waals surface area contributed by atoms with Crippen LogP contribution in [-0.2, 0) is 6.42 Å². The van der Waals surface area contributed by atoms with Crippen molar-refractivity contribution >= 4 is 16.9 Å². The lowest BCUT2D eigenvalue weighted by atomic mass is 9.81. The van der Waals surface area contributed by atoms with Crippen LogP contribution >= 0.6 is 0 Å². The minimum absolute atomic E-state index is 0.0686. The Hall–Kier alpha value is -3.38. The summed E-state index contributed by atoms with van der Waals surface area (Å²) in [5.74, 6) is 1.79. The molecule has 4 aromatic rings. The molecule has 1 aliphatic heterocycles. The fourth-order valence-corrected chi connectivity index (χ4v) is 5.12. The second-order valence-electron chi connectivity index (χ2n) is 8.96. The zero-order chi connectivity index (χ0) is 21.7. The van der Waals surface area contributed by atoms with E-state index in [9.17, 15) is 5.11 Å². The summed E-state index contributed by atoms with van der Waals surface area (Å²) in [5, 5.41) is 10.3. The summed E-state index contributed by atoms with van der Waals surface area (Å²) in [6.45, 7) is 0.240. The molecule has 3 N–H and O–H groups in total. The molecule has 2 aromatic heterocycles. The standard InChI is InChI=1S/C26H26N4O2/c27-25-24-21(13-30(26(24)29-15-28-25)20-10-16(11-20)14-31)19-7-6-18-8-9-22(32-23(18)12-19)17-4-2-1-3-5-17/h1-7,12-13,15-16,20,22,31H,8-11,14H2,(H2,27,28,29)/t16-,20+,22-/m0/s1. The molecule has 0 unspecified atom stereocenters. The van der Waals surface area contributed by atoms with Crippen molar-refractivity contribution < 1.29 is 9.84 Å². The topological polar surface area (TPSA) is 86.2 Å². The third kappa shape index (κ3) is 3.14. The third-order valence-electron chi connectivity index (χ3n) is 7.00. The maximum absolute atomic E-state index is 9.44. The largest absolute Gasteiger partial charge is 0.485 e. The van der Waals surface area contributed by atoms with Crippen molar-refractivity contribution in [2.45, 2.75) is 37.8 Å². The first-order chi connectivity index (χ1) is 15.7. The van der Waals surface area contributed by atoms with E-state index in [1.54, 1.807) is 0 Å². The summed E-state index contributed by atoms with van der Waals surface area (Å²) < 4.78 is 8.65. The van der Waals surface area contributed by atoms with Crippen LogP contribution in [0.3, 0.4) is 0 Å². The van der Waals surface area contributed by atoms with Gasteiger partial charge in [0.15, 0.2) is 0 Å². The van der Waals surface area contributed by atoms with Gasteiger partial charge in [-0.05, 0) is 54.4 Å². The number of hydrogen-bond acceptors (Lipinski definition) is 5. The number of benzene rings is 2. The predicted octanol–water partition coefficient (Wildman–Crippen LogP) is 4.69. The van der Waals surface area contributed by atoms with Crippen LogP contribution in [0.25, 0.3) is 22.2 Å². The van der Waals surface area contributed by atoms with Crippen molar-refractivity contribution in [1.82, 2.24) is 14.5 Å². The number of nitrogens with zero attached hydrogens (tertiary/aromatic N) is 3. The van der Waals surface area contributed by atoms with Crippen molar-refractivity contribution in [1.29, 1.82) is 0 Å². The number of ether oxygens (including phenoxy) is 1. The molecule has 1 aliphatic carbocycles. The molecule has 0 spiro atoms. The fraction of sp³-hybridized carbons (Fsp3) is 0.308.